The molecule has 2 rings (SSSR count). The Kier molecular flexibility index (Phi) is 5.11. The maximum absolute atomic E-state index is 13.2. The Bertz CT molecular complexity index is 630. The number of thiophene rings is 1. The van der Waals surface area contributed by atoms with Gasteiger partial charge >= 0.3 is 0 Å². The molecule has 7 heteroatoms. The van der Waals surface area contributed by atoms with Gasteiger partial charge in [0.05, 0.1) is 3.79 Å². The van der Waals surface area contributed by atoms with Crippen LogP contribution in [-0.4, -0.2) is 11.0 Å². The zero-order chi connectivity index (χ0) is 14.5. The topological polar surface area (TPSA) is 70.6 Å². The molecule has 20 heavy (non-hydrogen) atoms. The van der Waals surface area contributed by atoms with Crippen molar-refractivity contribution < 1.29 is 9.60 Å². The summed E-state index contributed by atoms with van der Waals surface area (Å²) in [5, 5.41) is 14.9. The van der Waals surface area contributed by atoms with Crippen molar-refractivity contribution in [2.24, 2.45) is 10.9 Å². The number of hydrogen-bond acceptors (Lipinski definition) is 4. The molecule has 0 spiro atoms. The van der Waals surface area contributed by atoms with E-state index < -0.39 is 5.82 Å². The molecule has 0 fully saturated rings. The van der Waals surface area contributed by atoms with Gasteiger partial charge in [-0.25, -0.2) is 4.39 Å². The van der Waals surface area contributed by atoms with E-state index in [0.29, 0.717) is 18.7 Å². The molecule has 0 amide bonds. The van der Waals surface area contributed by atoms with Gasteiger partial charge < -0.3 is 16.3 Å². The van der Waals surface area contributed by atoms with E-state index in [9.17, 15) is 4.39 Å². The number of nitrogens with one attached hydrogen (secondary N) is 1. The van der Waals surface area contributed by atoms with Gasteiger partial charge in [0, 0.05) is 23.5 Å². The van der Waals surface area contributed by atoms with Crippen LogP contribution in [0.5, 0.6) is 0 Å². The molecular weight excluding hydrogens is 345 g/mol. The van der Waals surface area contributed by atoms with Gasteiger partial charge in [-0.2, -0.15) is 0 Å². The molecule has 0 aliphatic rings. The second-order valence-corrected chi connectivity index (χ2v) is 6.64. The minimum absolute atomic E-state index is 0.0971. The standard InChI is InChI=1S/C13H13BrFN3OS/c14-12-4-3-10(20-12)7-17-6-8-1-2-9(15)5-11(8)13(16)18-19/h1-5,17,19H,6-7H2,(H2,16,18). The fraction of sp³-hybridized carbons (Fsp3) is 0.154. The van der Waals surface area contributed by atoms with Gasteiger partial charge in [-0.3, -0.25) is 0 Å². The highest BCUT2D eigenvalue weighted by atomic mass is 79.9. The lowest BCUT2D eigenvalue weighted by Crippen LogP contribution is -2.20. The smallest absolute Gasteiger partial charge is 0.170 e. The average molecular weight is 358 g/mol. The third-order valence-electron chi connectivity index (χ3n) is 2.70. The Labute approximate surface area is 128 Å². The zero-order valence-electron chi connectivity index (χ0n) is 10.4. The van der Waals surface area contributed by atoms with E-state index in [1.54, 1.807) is 17.4 Å². The van der Waals surface area contributed by atoms with E-state index in [-0.39, 0.29) is 5.84 Å². The van der Waals surface area contributed by atoms with Gasteiger partial charge in [0.15, 0.2) is 5.84 Å². The molecule has 0 saturated carbocycles. The summed E-state index contributed by atoms with van der Waals surface area (Å²) in [7, 11) is 0. The van der Waals surface area contributed by atoms with Gasteiger partial charge in [0.25, 0.3) is 0 Å². The minimum Gasteiger partial charge on any atom is -0.409 e. The first-order valence-corrected chi connectivity index (χ1v) is 7.42. The SMILES string of the molecule is NC(=NO)c1cc(F)ccc1CNCc1ccc(Br)s1. The van der Waals surface area contributed by atoms with Gasteiger partial charge in [0.1, 0.15) is 5.82 Å². The Balaban J connectivity index is 2.05. The molecule has 2 aromatic rings. The van der Waals surface area contributed by atoms with Crippen LogP contribution in [0.3, 0.4) is 0 Å². The quantitative estimate of drug-likeness (QED) is 0.333. The summed E-state index contributed by atoms with van der Waals surface area (Å²) >= 11 is 5.05. The Morgan fingerprint density at radius 3 is 2.80 bits per heavy atom. The van der Waals surface area contributed by atoms with Gasteiger partial charge in [-0.05, 0) is 45.8 Å². The summed E-state index contributed by atoms with van der Waals surface area (Å²) in [6.45, 7) is 1.20. The summed E-state index contributed by atoms with van der Waals surface area (Å²) in [6, 6.07) is 8.25. The number of halogens is 2. The number of nitrogens with zero attached hydrogens (tertiary/aromatic N) is 1. The van der Waals surface area contributed by atoms with Crippen LogP contribution in [0.15, 0.2) is 39.3 Å². The molecule has 0 unspecified atom stereocenters. The highest BCUT2D eigenvalue weighted by molar-refractivity contribution is 9.11. The van der Waals surface area contributed by atoms with Crippen LogP contribution in [-0.2, 0) is 13.1 Å². The van der Waals surface area contributed by atoms with Crippen LogP contribution in [0.4, 0.5) is 4.39 Å². The number of oxime groups is 1. The normalized spacial score (nSPS) is 11.8. The predicted octanol–water partition coefficient (Wildman–Crippen LogP) is 3.03. The van der Waals surface area contributed by atoms with Crippen molar-refractivity contribution in [3.63, 3.8) is 0 Å². The summed E-state index contributed by atoms with van der Waals surface area (Å²) in [6.07, 6.45) is 0. The first-order chi connectivity index (χ1) is 9.60. The van der Waals surface area contributed by atoms with Crippen LogP contribution >= 0.6 is 27.3 Å². The third-order valence-corrected chi connectivity index (χ3v) is 4.32. The van der Waals surface area contributed by atoms with E-state index in [1.807, 2.05) is 12.1 Å². The lowest BCUT2D eigenvalue weighted by Gasteiger charge is -2.09. The first kappa shape index (κ1) is 15.0. The number of nitrogens with two attached hydrogens (primary N) is 1. The van der Waals surface area contributed by atoms with Crippen molar-refractivity contribution in [3.8, 4) is 0 Å². The minimum atomic E-state index is -0.419. The van der Waals surface area contributed by atoms with Gasteiger partial charge in [-0.1, -0.05) is 11.2 Å². The summed E-state index contributed by atoms with van der Waals surface area (Å²) in [4.78, 5) is 1.18. The van der Waals surface area contributed by atoms with Crippen molar-refractivity contribution in [1.29, 1.82) is 0 Å². The van der Waals surface area contributed by atoms with Crippen molar-refractivity contribution in [3.05, 3.63) is 55.9 Å². The average Bonchev–Trinajstić information content (AvgIpc) is 2.85. The Hall–Kier alpha value is -1.44. The summed E-state index contributed by atoms with van der Waals surface area (Å²) in [5.74, 6) is -0.516. The van der Waals surface area contributed by atoms with Crippen LogP contribution in [0, 0.1) is 5.82 Å². The number of benzene rings is 1. The summed E-state index contributed by atoms with van der Waals surface area (Å²) < 4.78 is 14.3. The van der Waals surface area contributed by atoms with Crippen molar-refractivity contribution in [1.82, 2.24) is 5.32 Å². The molecule has 1 heterocycles. The molecule has 106 valence electrons. The Morgan fingerprint density at radius 2 is 2.15 bits per heavy atom. The van der Waals surface area contributed by atoms with Crippen molar-refractivity contribution >= 4 is 33.1 Å². The molecule has 1 aromatic heterocycles. The fourth-order valence-electron chi connectivity index (χ4n) is 1.76. The second kappa shape index (κ2) is 6.83. The van der Waals surface area contributed by atoms with E-state index in [0.717, 1.165) is 9.35 Å². The maximum Gasteiger partial charge on any atom is 0.170 e. The molecule has 4 nitrogen and oxygen atoms in total. The molecule has 0 bridgehead atoms. The number of hydrogen-bond donors (Lipinski definition) is 3. The van der Waals surface area contributed by atoms with Crippen LogP contribution in [0.2, 0.25) is 0 Å². The van der Waals surface area contributed by atoms with Crippen LogP contribution < -0.4 is 11.1 Å². The lowest BCUT2D eigenvalue weighted by atomic mass is 10.1. The lowest BCUT2D eigenvalue weighted by molar-refractivity contribution is 0.318. The van der Waals surface area contributed by atoms with E-state index in [4.69, 9.17) is 10.9 Å². The fourth-order valence-corrected chi connectivity index (χ4v) is 3.22. The number of amidine groups is 1. The molecule has 1 aromatic carbocycles. The highest BCUT2D eigenvalue weighted by Crippen LogP contribution is 2.22. The molecule has 0 saturated heterocycles. The largest absolute Gasteiger partial charge is 0.409 e. The van der Waals surface area contributed by atoms with Crippen molar-refractivity contribution in [2.45, 2.75) is 13.1 Å². The highest BCUT2D eigenvalue weighted by Gasteiger charge is 2.08. The molecule has 0 atom stereocenters. The predicted molar refractivity (Wildman–Crippen MR) is 81.5 cm³/mol. The van der Waals surface area contributed by atoms with Gasteiger partial charge in [0.2, 0.25) is 0 Å². The molecular formula is C13H13BrFN3OS. The molecule has 0 aliphatic heterocycles. The summed E-state index contributed by atoms with van der Waals surface area (Å²) in [5.41, 5.74) is 6.72. The number of rotatable bonds is 5. The van der Waals surface area contributed by atoms with Crippen LogP contribution in [0.25, 0.3) is 0 Å². The molecule has 0 radical (unpaired) electrons. The molecule has 0 aliphatic carbocycles. The van der Waals surface area contributed by atoms with E-state index in [1.165, 1.54) is 17.0 Å². The van der Waals surface area contributed by atoms with E-state index in [2.05, 4.69) is 26.4 Å². The monoisotopic (exact) mass is 357 g/mol. The van der Waals surface area contributed by atoms with Crippen LogP contribution in [0.1, 0.15) is 16.0 Å². The maximum atomic E-state index is 13.2. The Morgan fingerprint density at radius 1 is 1.35 bits per heavy atom. The second-order valence-electron chi connectivity index (χ2n) is 4.10. The van der Waals surface area contributed by atoms with E-state index >= 15 is 0 Å². The molecule has 4 N–H and O–H groups in total. The van der Waals surface area contributed by atoms with Crippen molar-refractivity contribution in [2.75, 3.05) is 0 Å². The van der Waals surface area contributed by atoms with Gasteiger partial charge in [-0.15, -0.1) is 11.3 Å². The third kappa shape index (κ3) is 3.78. The first-order valence-electron chi connectivity index (χ1n) is 5.81. The zero-order valence-corrected chi connectivity index (χ0v) is 12.8.